The fraction of sp³-hybridized carbons (Fsp3) is 0.0800. The number of rotatable bonds is 6. The summed E-state index contributed by atoms with van der Waals surface area (Å²) in [6.07, 6.45) is -0.381. The van der Waals surface area contributed by atoms with Gasteiger partial charge in [0, 0.05) is 12.5 Å². The minimum absolute atomic E-state index is 0.0400. The normalized spacial score (nSPS) is 11.1. The monoisotopic (exact) mass is 520 g/mol. The Labute approximate surface area is 213 Å². The van der Waals surface area contributed by atoms with Crippen LogP contribution in [0.3, 0.4) is 0 Å². The van der Waals surface area contributed by atoms with Crippen molar-refractivity contribution < 1.29 is 23.1 Å². The smallest absolute Gasteiger partial charge is 0.412 e. The van der Waals surface area contributed by atoms with Crippen LogP contribution in [0, 0.1) is 17.5 Å². The largest absolute Gasteiger partial charge is 0.465 e. The molecule has 3 heterocycles. The van der Waals surface area contributed by atoms with Crippen LogP contribution < -0.4 is 16.4 Å². The second-order valence-electron chi connectivity index (χ2n) is 8.29. The maximum Gasteiger partial charge on any atom is 0.412 e. The minimum Gasteiger partial charge on any atom is -0.465 e. The molecule has 0 atom stereocenters. The van der Waals surface area contributed by atoms with Crippen molar-refractivity contribution in [2.75, 3.05) is 16.4 Å². The van der Waals surface area contributed by atoms with Crippen LogP contribution in [0.15, 0.2) is 60.8 Å². The first-order chi connectivity index (χ1) is 18.2. The van der Waals surface area contributed by atoms with Gasteiger partial charge in [0.2, 0.25) is 0 Å². The predicted octanol–water partition coefficient (Wildman–Crippen LogP) is 4.07. The lowest BCUT2D eigenvalue weighted by molar-refractivity contribution is 0.201. The third kappa shape index (κ3) is 4.64. The van der Waals surface area contributed by atoms with Gasteiger partial charge in [-0.2, -0.15) is 19.7 Å². The van der Waals surface area contributed by atoms with Crippen LogP contribution in [0.4, 0.5) is 35.3 Å². The Morgan fingerprint density at radius 1 is 0.974 bits per heavy atom. The summed E-state index contributed by atoms with van der Waals surface area (Å²) in [5, 5.41) is 14.2. The van der Waals surface area contributed by atoms with Crippen LogP contribution in [0.2, 0.25) is 0 Å². The van der Waals surface area contributed by atoms with E-state index in [0.29, 0.717) is 16.8 Å². The fourth-order valence-corrected chi connectivity index (χ4v) is 4.04. The van der Waals surface area contributed by atoms with E-state index >= 15 is 0 Å². The predicted molar refractivity (Wildman–Crippen MR) is 133 cm³/mol. The van der Waals surface area contributed by atoms with Gasteiger partial charge in [0.25, 0.3) is 5.95 Å². The number of carbonyl (C=O) groups is 1. The van der Waals surface area contributed by atoms with E-state index < -0.39 is 23.5 Å². The van der Waals surface area contributed by atoms with E-state index in [-0.39, 0.29) is 47.3 Å². The molecule has 0 unspecified atom stereocenters. The van der Waals surface area contributed by atoms with E-state index in [1.54, 1.807) is 18.2 Å². The molecule has 5 N–H and O–H groups in total. The molecule has 1 amide bonds. The van der Waals surface area contributed by atoms with Crippen molar-refractivity contribution in [3.63, 3.8) is 0 Å². The van der Waals surface area contributed by atoms with Gasteiger partial charge in [0.05, 0.1) is 24.0 Å². The summed E-state index contributed by atoms with van der Waals surface area (Å²) in [6.45, 7) is -0.281. The molecule has 5 rings (SSSR count). The number of fused-ring (bicyclic) bond motifs is 1. The molecule has 3 aromatic heterocycles. The average molecular weight is 520 g/mol. The van der Waals surface area contributed by atoms with Crippen LogP contribution >= 0.6 is 0 Å². The fourth-order valence-electron chi connectivity index (χ4n) is 4.04. The van der Waals surface area contributed by atoms with Crippen LogP contribution in [0.25, 0.3) is 17.0 Å². The molecule has 0 fully saturated rings. The van der Waals surface area contributed by atoms with Gasteiger partial charge < -0.3 is 16.6 Å². The molecule has 13 heteroatoms. The Balaban J connectivity index is 1.59. The van der Waals surface area contributed by atoms with Crippen LogP contribution in [0.5, 0.6) is 0 Å². The number of carboxylic acid groups (broad SMARTS) is 1. The third-order valence-corrected chi connectivity index (χ3v) is 5.72. The summed E-state index contributed by atoms with van der Waals surface area (Å²) < 4.78 is 43.2. The number of amides is 1. The van der Waals surface area contributed by atoms with Gasteiger partial charge in [-0.15, -0.1) is 0 Å². The summed E-state index contributed by atoms with van der Waals surface area (Å²) in [4.78, 5) is 25.3. The number of halogens is 3. The highest BCUT2D eigenvalue weighted by molar-refractivity contribution is 5.94. The molecular formula is C25H19F3N8O2. The van der Waals surface area contributed by atoms with E-state index in [0.717, 1.165) is 21.8 Å². The number of pyridine rings is 1. The van der Waals surface area contributed by atoms with E-state index in [1.165, 1.54) is 30.3 Å². The van der Waals surface area contributed by atoms with Crippen molar-refractivity contribution in [1.29, 1.82) is 0 Å². The molecule has 5 aromatic rings. The van der Waals surface area contributed by atoms with E-state index in [9.17, 15) is 23.1 Å². The number of anilines is 3. The van der Waals surface area contributed by atoms with Gasteiger partial charge in [-0.25, -0.2) is 22.9 Å². The first-order valence-electron chi connectivity index (χ1n) is 11.2. The SMILES string of the molecule is Nc1nc(-n2nc(Cc3ccccc3F)c3ncc(F)cc32)nc(N)c1N(Cc1cccc(F)c1)C(=O)O. The van der Waals surface area contributed by atoms with E-state index in [4.69, 9.17) is 11.5 Å². The van der Waals surface area contributed by atoms with Crippen molar-refractivity contribution in [3.05, 3.63) is 95.1 Å². The number of hydrogen-bond acceptors (Lipinski definition) is 7. The lowest BCUT2D eigenvalue weighted by atomic mass is 10.1. The maximum atomic E-state index is 14.3. The molecule has 0 saturated carbocycles. The van der Waals surface area contributed by atoms with Crippen molar-refractivity contribution in [1.82, 2.24) is 24.7 Å². The molecule has 10 nitrogen and oxygen atoms in total. The Kier molecular flexibility index (Phi) is 6.24. The van der Waals surface area contributed by atoms with Gasteiger partial charge in [0.1, 0.15) is 28.7 Å². The first kappa shape index (κ1) is 24.5. The first-order valence-corrected chi connectivity index (χ1v) is 11.2. The molecule has 0 aliphatic rings. The van der Waals surface area contributed by atoms with Crippen molar-refractivity contribution in [2.24, 2.45) is 0 Å². The van der Waals surface area contributed by atoms with Crippen LogP contribution in [0.1, 0.15) is 16.8 Å². The molecular weight excluding hydrogens is 501 g/mol. The zero-order valence-corrected chi connectivity index (χ0v) is 19.5. The Bertz CT molecular complexity index is 1670. The molecule has 2 aromatic carbocycles. The van der Waals surface area contributed by atoms with E-state index in [2.05, 4.69) is 20.1 Å². The van der Waals surface area contributed by atoms with Gasteiger partial charge in [-0.05, 0) is 29.3 Å². The summed E-state index contributed by atoms with van der Waals surface area (Å²) in [7, 11) is 0. The Hall–Kier alpha value is -5.20. The standard InChI is InChI=1S/C25H19F3N8O2/c26-15-6-3-4-13(8-15)12-35(25(37)38)21-22(29)32-24(33-23(21)30)36-19-10-16(27)11-31-20(19)18(34-36)9-14-5-1-2-7-17(14)28/h1-8,10-11H,9,12H2,(H,37,38)(H4,29,30,32,33). The van der Waals surface area contributed by atoms with Crippen molar-refractivity contribution >= 4 is 34.4 Å². The zero-order chi connectivity index (χ0) is 27.0. The summed E-state index contributed by atoms with van der Waals surface area (Å²) >= 11 is 0. The molecule has 0 saturated heterocycles. The van der Waals surface area contributed by atoms with Crippen LogP contribution in [-0.2, 0) is 13.0 Å². The van der Waals surface area contributed by atoms with Gasteiger partial charge >= 0.3 is 6.09 Å². The number of nitrogens with zero attached hydrogens (tertiary/aromatic N) is 6. The third-order valence-electron chi connectivity index (χ3n) is 5.72. The Morgan fingerprint density at radius 2 is 1.71 bits per heavy atom. The summed E-state index contributed by atoms with van der Waals surface area (Å²) in [5.41, 5.74) is 13.5. The minimum atomic E-state index is -1.42. The highest BCUT2D eigenvalue weighted by atomic mass is 19.1. The molecule has 38 heavy (non-hydrogen) atoms. The number of nitrogens with two attached hydrogens (primary N) is 2. The molecule has 0 spiro atoms. The average Bonchev–Trinajstić information content (AvgIpc) is 3.21. The molecule has 192 valence electrons. The lowest BCUT2D eigenvalue weighted by Gasteiger charge is -2.22. The highest BCUT2D eigenvalue weighted by Crippen LogP contribution is 2.31. The van der Waals surface area contributed by atoms with Gasteiger partial charge in [0.15, 0.2) is 11.6 Å². The summed E-state index contributed by atoms with van der Waals surface area (Å²) in [6, 6.07) is 12.6. The van der Waals surface area contributed by atoms with Crippen molar-refractivity contribution in [2.45, 2.75) is 13.0 Å². The molecule has 0 aliphatic heterocycles. The van der Waals surface area contributed by atoms with Crippen molar-refractivity contribution in [3.8, 4) is 5.95 Å². The number of hydrogen-bond donors (Lipinski definition) is 3. The summed E-state index contributed by atoms with van der Waals surface area (Å²) in [5.74, 6) is -2.46. The highest BCUT2D eigenvalue weighted by Gasteiger charge is 2.25. The topological polar surface area (TPSA) is 149 Å². The van der Waals surface area contributed by atoms with Gasteiger partial charge in [-0.3, -0.25) is 4.90 Å². The second-order valence-corrected chi connectivity index (χ2v) is 8.29. The van der Waals surface area contributed by atoms with Crippen LogP contribution in [-0.4, -0.2) is 35.9 Å². The Morgan fingerprint density at radius 3 is 2.39 bits per heavy atom. The van der Waals surface area contributed by atoms with Gasteiger partial charge in [-0.1, -0.05) is 30.3 Å². The second kappa shape index (κ2) is 9.69. The molecule has 0 bridgehead atoms. The molecule has 0 radical (unpaired) electrons. The quantitative estimate of drug-likeness (QED) is 0.303. The molecule has 0 aliphatic carbocycles. The van der Waals surface area contributed by atoms with E-state index in [1.807, 2.05) is 0 Å². The lowest BCUT2D eigenvalue weighted by Crippen LogP contribution is -2.31. The zero-order valence-electron chi connectivity index (χ0n) is 19.5. The number of benzene rings is 2. The number of nitrogen functional groups attached to an aromatic ring is 2. The maximum absolute atomic E-state index is 14.3. The number of aromatic nitrogens is 5.